The molecule has 0 bridgehead atoms. The molecule has 2 aliphatic heterocycles. The van der Waals surface area contributed by atoms with E-state index in [9.17, 15) is 0 Å². The van der Waals surface area contributed by atoms with E-state index in [1.54, 1.807) is 0 Å². The lowest BCUT2D eigenvalue weighted by atomic mass is 9.62. The predicted molar refractivity (Wildman–Crippen MR) is 85.3 cm³/mol. The smallest absolute Gasteiger partial charge is 0.0820 e. The minimum absolute atomic E-state index is 0.382. The molecule has 3 N–H and O–H groups in total. The van der Waals surface area contributed by atoms with Crippen LogP contribution in [0.2, 0.25) is 0 Å². The topological polar surface area (TPSA) is 67.2 Å². The zero-order chi connectivity index (χ0) is 15.0. The second-order valence-electron chi connectivity index (χ2n) is 7.33. The highest BCUT2D eigenvalue weighted by molar-refractivity contribution is 5.26. The number of nitrogens with zero attached hydrogens (tertiary/aromatic N) is 2. The first kappa shape index (κ1) is 14.7. The summed E-state index contributed by atoms with van der Waals surface area (Å²) in [6.45, 7) is 4.53. The van der Waals surface area contributed by atoms with Gasteiger partial charge in [-0.3, -0.25) is 10.00 Å². The summed E-state index contributed by atoms with van der Waals surface area (Å²) in [6.07, 6.45) is 8.91. The molecule has 5 nitrogen and oxygen atoms in total. The first-order valence-electron chi connectivity index (χ1n) is 8.89. The van der Waals surface area contributed by atoms with E-state index in [1.165, 1.54) is 62.0 Å². The lowest BCUT2D eigenvalue weighted by Crippen LogP contribution is -2.56. The number of nitrogens with two attached hydrogens (primary N) is 1. The SMILES string of the molecule is NCC1(C2CCCCN2Cc2n[nH]c3c2COCC3)CCC1. The van der Waals surface area contributed by atoms with E-state index in [-0.39, 0.29) is 0 Å². The first-order chi connectivity index (χ1) is 10.8. The van der Waals surface area contributed by atoms with Crippen LogP contribution in [0.25, 0.3) is 0 Å². The summed E-state index contributed by atoms with van der Waals surface area (Å²) >= 11 is 0. The van der Waals surface area contributed by atoms with Gasteiger partial charge < -0.3 is 10.5 Å². The Morgan fingerprint density at radius 3 is 3.00 bits per heavy atom. The van der Waals surface area contributed by atoms with Crippen molar-refractivity contribution in [2.45, 2.75) is 64.1 Å². The normalized spacial score (nSPS) is 28.1. The van der Waals surface area contributed by atoms with E-state index in [0.717, 1.165) is 32.7 Å². The average Bonchev–Trinajstić information content (AvgIpc) is 2.92. The molecule has 4 rings (SSSR count). The minimum atomic E-state index is 0.382. The molecule has 1 saturated heterocycles. The fourth-order valence-electron chi connectivity index (χ4n) is 4.67. The van der Waals surface area contributed by atoms with E-state index in [0.29, 0.717) is 11.5 Å². The van der Waals surface area contributed by atoms with Gasteiger partial charge in [0.25, 0.3) is 0 Å². The van der Waals surface area contributed by atoms with Crippen LogP contribution >= 0.6 is 0 Å². The summed E-state index contributed by atoms with van der Waals surface area (Å²) in [6, 6.07) is 0.650. The maximum absolute atomic E-state index is 6.18. The first-order valence-corrected chi connectivity index (χ1v) is 8.89. The number of piperidine rings is 1. The third-order valence-corrected chi connectivity index (χ3v) is 6.21. The van der Waals surface area contributed by atoms with Gasteiger partial charge in [0.2, 0.25) is 0 Å². The van der Waals surface area contributed by atoms with Crippen LogP contribution in [-0.2, 0) is 24.3 Å². The van der Waals surface area contributed by atoms with Gasteiger partial charge in [-0.1, -0.05) is 12.8 Å². The van der Waals surface area contributed by atoms with Crippen LogP contribution in [0.4, 0.5) is 0 Å². The quantitative estimate of drug-likeness (QED) is 0.892. The fourth-order valence-corrected chi connectivity index (χ4v) is 4.67. The van der Waals surface area contributed by atoms with Crippen molar-refractivity contribution in [2.24, 2.45) is 11.1 Å². The number of aromatic nitrogens is 2. The molecule has 3 aliphatic rings. The number of rotatable bonds is 4. The van der Waals surface area contributed by atoms with Crippen LogP contribution in [0.3, 0.4) is 0 Å². The Kier molecular flexibility index (Phi) is 3.96. The van der Waals surface area contributed by atoms with E-state index >= 15 is 0 Å². The lowest BCUT2D eigenvalue weighted by Gasteiger charge is -2.53. The summed E-state index contributed by atoms with van der Waals surface area (Å²) in [5.74, 6) is 0. The Bertz CT molecular complexity index is 517. The highest BCUT2D eigenvalue weighted by atomic mass is 16.5. The number of hydrogen-bond donors (Lipinski definition) is 2. The highest BCUT2D eigenvalue weighted by Gasteiger charge is 2.46. The third kappa shape index (κ3) is 2.39. The number of ether oxygens (including phenoxy) is 1. The standard InChI is InChI=1S/C17H28N4O/c18-12-17(6-3-7-17)16-4-1-2-8-21(16)10-15-13-11-22-9-5-14(13)19-20-15/h16H,1-12,18H2,(H,19,20). The van der Waals surface area contributed by atoms with Gasteiger partial charge in [-0.15, -0.1) is 0 Å². The number of nitrogens with one attached hydrogen (secondary N) is 1. The van der Waals surface area contributed by atoms with Gasteiger partial charge in [-0.05, 0) is 44.2 Å². The van der Waals surface area contributed by atoms with Crippen molar-refractivity contribution in [3.63, 3.8) is 0 Å². The molecule has 3 heterocycles. The van der Waals surface area contributed by atoms with E-state index in [1.807, 2.05) is 0 Å². The molecule has 1 unspecified atom stereocenters. The van der Waals surface area contributed by atoms with Crippen molar-refractivity contribution < 1.29 is 4.74 Å². The molecule has 22 heavy (non-hydrogen) atoms. The van der Waals surface area contributed by atoms with Crippen LogP contribution in [-0.4, -0.2) is 40.8 Å². The van der Waals surface area contributed by atoms with Crippen LogP contribution in [0.1, 0.15) is 55.5 Å². The van der Waals surface area contributed by atoms with Crippen molar-refractivity contribution in [3.05, 3.63) is 17.0 Å². The van der Waals surface area contributed by atoms with Gasteiger partial charge in [0.15, 0.2) is 0 Å². The molecule has 122 valence electrons. The molecule has 0 spiro atoms. The van der Waals surface area contributed by atoms with Crippen molar-refractivity contribution in [1.29, 1.82) is 0 Å². The number of fused-ring (bicyclic) bond motifs is 1. The lowest BCUT2D eigenvalue weighted by molar-refractivity contribution is -0.0215. The third-order valence-electron chi connectivity index (χ3n) is 6.21. The van der Waals surface area contributed by atoms with E-state index in [4.69, 9.17) is 10.5 Å². The van der Waals surface area contributed by atoms with Crippen LogP contribution < -0.4 is 5.73 Å². The molecule has 5 heteroatoms. The van der Waals surface area contributed by atoms with Gasteiger partial charge in [0, 0.05) is 30.3 Å². The monoisotopic (exact) mass is 304 g/mol. The Morgan fingerprint density at radius 2 is 2.23 bits per heavy atom. The Balaban J connectivity index is 1.54. The van der Waals surface area contributed by atoms with Gasteiger partial charge >= 0.3 is 0 Å². The van der Waals surface area contributed by atoms with Crippen LogP contribution in [0.15, 0.2) is 0 Å². The van der Waals surface area contributed by atoms with Crippen molar-refractivity contribution in [1.82, 2.24) is 15.1 Å². The second kappa shape index (κ2) is 5.95. The molecule has 0 radical (unpaired) electrons. The van der Waals surface area contributed by atoms with Crippen LogP contribution in [0, 0.1) is 5.41 Å². The second-order valence-corrected chi connectivity index (χ2v) is 7.33. The Morgan fingerprint density at radius 1 is 1.32 bits per heavy atom. The van der Waals surface area contributed by atoms with Gasteiger partial charge in [-0.25, -0.2) is 0 Å². The molecular weight excluding hydrogens is 276 g/mol. The summed E-state index contributed by atoms with van der Waals surface area (Å²) < 4.78 is 5.63. The number of H-pyrrole nitrogens is 1. The van der Waals surface area contributed by atoms with Crippen molar-refractivity contribution in [3.8, 4) is 0 Å². The van der Waals surface area contributed by atoms with Crippen LogP contribution in [0.5, 0.6) is 0 Å². The fraction of sp³-hybridized carbons (Fsp3) is 0.824. The number of aromatic amines is 1. The largest absolute Gasteiger partial charge is 0.376 e. The summed E-state index contributed by atoms with van der Waals surface area (Å²) in [4.78, 5) is 2.67. The molecule has 1 aromatic heterocycles. The Labute approximate surface area is 132 Å². The summed E-state index contributed by atoms with van der Waals surface area (Å²) in [7, 11) is 0. The maximum Gasteiger partial charge on any atom is 0.0820 e. The predicted octanol–water partition coefficient (Wildman–Crippen LogP) is 1.97. The summed E-state index contributed by atoms with van der Waals surface area (Å²) in [5.41, 5.74) is 10.4. The zero-order valence-corrected chi connectivity index (χ0v) is 13.4. The summed E-state index contributed by atoms with van der Waals surface area (Å²) in [5, 5.41) is 7.83. The van der Waals surface area contributed by atoms with Gasteiger partial charge in [0.05, 0.1) is 18.9 Å². The Hall–Kier alpha value is -0.910. The van der Waals surface area contributed by atoms with E-state index in [2.05, 4.69) is 15.1 Å². The van der Waals surface area contributed by atoms with Crippen molar-refractivity contribution >= 4 is 0 Å². The number of hydrogen-bond acceptors (Lipinski definition) is 4. The molecule has 1 saturated carbocycles. The molecular formula is C17H28N4O. The molecule has 0 aromatic carbocycles. The average molecular weight is 304 g/mol. The van der Waals surface area contributed by atoms with Gasteiger partial charge in [-0.2, -0.15) is 5.10 Å². The van der Waals surface area contributed by atoms with Crippen molar-refractivity contribution in [2.75, 3.05) is 19.7 Å². The zero-order valence-electron chi connectivity index (χ0n) is 13.4. The minimum Gasteiger partial charge on any atom is -0.376 e. The molecule has 1 aromatic rings. The maximum atomic E-state index is 6.18. The molecule has 1 atom stereocenters. The molecule has 2 fully saturated rings. The molecule has 0 amide bonds. The highest BCUT2D eigenvalue weighted by Crippen LogP contribution is 2.48. The molecule has 1 aliphatic carbocycles. The van der Waals surface area contributed by atoms with E-state index < -0.39 is 0 Å². The number of likely N-dealkylation sites (tertiary alicyclic amines) is 1. The van der Waals surface area contributed by atoms with Gasteiger partial charge in [0.1, 0.15) is 0 Å².